The van der Waals surface area contributed by atoms with E-state index in [9.17, 15) is 4.79 Å². The first-order chi connectivity index (χ1) is 13.7. The number of thiophene rings is 1. The molecule has 0 saturated heterocycles. The number of aromatic nitrogens is 2. The molecule has 0 atom stereocenters. The number of anilines is 1. The Morgan fingerprint density at radius 2 is 1.86 bits per heavy atom. The van der Waals surface area contributed by atoms with E-state index in [4.69, 9.17) is 4.98 Å². The number of carbonyl (C=O) groups excluding carboxylic acids is 1. The van der Waals surface area contributed by atoms with Crippen molar-refractivity contribution in [3.8, 4) is 10.7 Å². The average Bonchev–Trinajstić information content (AvgIpc) is 3.33. The third kappa shape index (κ3) is 3.71. The number of nitrogens with zero attached hydrogens (tertiary/aromatic N) is 2. The quantitative estimate of drug-likeness (QED) is 0.446. The third-order valence-corrected chi connectivity index (χ3v) is 5.95. The molecule has 0 aliphatic rings. The van der Waals surface area contributed by atoms with E-state index in [0.29, 0.717) is 4.88 Å². The van der Waals surface area contributed by atoms with Crippen molar-refractivity contribution in [1.29, 1.82) is 0 Å². The lowest BCUT2D eigenvalue weighted by atomic mass is 10.1. The minimum atomic E-state index is -0.0867. The highest BCUT2D eigenvalue weighted by atomic mass is 32.1. The standard InChI is InChI=1S/C23H23N3OS/c1-3-4-7-16-10-12-17(13-11-16)24-23(27)21-15-14-20(28-21)22-25-18-8-5-6-9-19(18)26(22)2/h5-6,8-15H,3-4,7H2,1-2H3,(H,24,27). The second kappa shape index (κ2) is 7.98. The molecule has 0 spiro atoms. The van der Waals surface area contributed by atoms with Crippen LogP contribution in [0.5, 0.6) is 0 Å². The van der Waals surface area contributed by atoms with Gasteiger partial charge in [0.05, 0.1) is 20.8 Å². The zero-order chi connectivity index (χ0) is 19.5. The van der Waals surface area contributed by atoms with Crippen LogP contribution in [0.3, 0.4) is 0 Å². The van der Waals surface area contributed by atoms with Crippen molar-refractivity contribution in [2.75, 3.05) is 5.32 Å². The highest BCUT2D eigenvalue weighted by Crippen LogP contribution is 2.30. The molecular formula is C23H23N3OS. The van der Waals surface area contributed by atoms with Gasteiger partial charge in [0.2, 0.25) is 0 Å². The maximum Gasteiger partial charge on any atom is 0.265 e. The van der Waals surface area contributed by atoms with E-state index >= 15 is 0 Å². The van der Waals surface area contributed by atoms with Gasteiger partial charge >= 0.3 is 0 Å². The predicted molar refractivity (Wildman–Crippen MR) is 117 cm³/mol. The fraction of sp³-hybridized carbons (Fsp3) is 0.217. The lowest BCUT2D eigenvalue weighted by Crippen LogP contribution is -2.09. The zero-order valence-electron chi connectivity index (χ0n) is 16.1. The Balaban J connectivity index is 1.50. The Morgan fingerprint density at radius 3 is 2.61 bits per heavy atom. The molecular weight excluding hydrogens is 366 g/mol. The number of hydrogen-bond acceptors (Lipinski definition) is 3. The van der Waals surface area contributed by atoms with Gasteiger partial charge < -0.3 is 9.88 Å². The van der Waals surface area contributed by atoms with Crippen LogP contribution in [-0.2, 0) is 13.5 Å². The maximum absolute atomic E-state index is 12.6. The van der Waals surface area contributed by atoms with Crippen molar-refractivity contribution >= 4 is 34.0 Å². The molecule has 0 saturated carbocycles. The molecule has 4 aromatic rings. The number of para-hydroxylation sites is 2. The van der Waals surface area contributed by atoms with Gasteiger partial charge in [0, 0.05) is 12.7 Å². The van der Waals surface area contributed by atoms with Crippen LogP contribution in [0.4, 0.5) is 5.69 Å². The topological polar surface area (TPSA) is 46.9 Å². The first kappa shape index (κ1) is 18.4. The molecule has 5 heteroatoms. The third-order valence-electron chi connectivity index (χ3n) is 4.87. The molecule has 0 aliphatic carbocycles. The first-order valence-electron chi connectivity index (χ1n) is 9.57. The van der Waals surface area contributed by atoms with Gasteiger partial charge in [-0.05, 0) is 54.8 Å². The van der Waals surface area contributed by atoms with Gasteiger partial charge in [-0.15, -0.1) is 11.3 Å². The van der Waals surface area contributed by atoms with Gasteiger partial charge in [0.15, 0.2) is 5.82 Å². The number of amides is 1. The molecule has 4 nitrogen and oxygen atoms in total. The Hall–Kier alpha value is -2.92. The lowest BCUT2D eigenvalue weighted by molar-refractivity contribution is 0.103. The smallest absolute Gasteiger partial charge is 0.265 e. The van der Waals surface area contributed by atoms with E-state index in [1.165, 1.54) is 29.7 Å². The summed E-state index contributed by atoms with van der Waals surface area (Å²) in [5.74, 6) is 0.793. The van der Waals surface area contributed by atoms with E-state index < -0.39 is 0 Å². The fourth-order valence-corrected chi connectivity index (χ4v) is 4.20. The van der Waals surface area contributed by atoms with Crippen molar-refractivity contribution in [2.45, 2.75) is 26.2 Å². The molecule has 1 amide bonds. The van der Waals surface area contributed by atoms with Gasteiger partial charge in [-0.1, -0.05) is 37.6 Å². The van der Waals surface area contributed by atoms with E-state index in [1.807, 2.05) is 49.5 Å². The predicted octanol–water partition coefficient (Wildman–Crippen LogP) is 5.90. The molecule has 0 bridgehead atoms. The molecule has 1 N–H and O–H groups in total. The monoisotopic (exact) mass is 389 g/mol. The molecule has 2 aromatic carbocycles. The highest BCUT2D eigenvalue weighted by molar-refractivity contribution is 7.17. The fourth-order valence-electron chi connectivity index (χ4n) is 3.27. The number of rotatable bonds is 6. The van der Waals surface area contributed by atoms with Crippen LogP contribution in [0.15, 0.2) is 60.7 Å². The Morgan fingerprint density at radius 1 is 1.07 bits per heavy atom. The number of benzene rings is 2. The zero-order valence-corrected chi connectivity index (χ0v) is 16.9. The van der Waals surface area contributed by atoms with Gasteiger partial charge in [0.1, 0.15) is 0 Å². The summed E-state index contributed by atoms with van der Waals surface area (Å²) in [4.78, 5) is 19.0. The molecule has 2 heterocycles. The summed E-state index contributed by atoms with van der Waals surface area (Å²) in [5.41, 5.74) is 4.17. The van der Waals surface area contributed by atoms with Gasteiger partial charge in [0.25, 0.3) is 5.91 Å². The molecule has 0 unspecified atom stereocenters. The van der Waals surface area contributed by atoms with Crippen LogP contribution in [-0.4, -0.2) is 15.5 Å². The van der Waals surface area contributed by atoms with Crippen LogP contribution in [0.1, 0.15) is 35.0 Å². The molecule has 0 radical (unpaired) electrons. The second-order valence-electron chi connectivity index (χ2n) is 6.90. The van der Waals surface area contributed by atoms with Crippen LogP contribution in [0.2, 0.25) is 0 Å². The summed E-state index contributed by atoms with van der Waals surface area (Å²) in [6, 6.07) is 20.0. The van der Waals surface area contributed by atoms with E-state index in [-0.39, 0.29) is 5.91 Å². The summed E-state index contributed by atoms with van der Waals surface area (Å²) in [5, 5.41) is 2.99. The molecule has 2 aromatic heterocycles. The molecule has 0 aliphatic heterocycles. The van der Waals surface area contributed by atoms with Gasteiger partial charge in [-0.3, -0.25) is 4.79 Å². The Labute approximate surface area is 168 Å². The highest BCUT2D eigenvalue weighted by Gasteiger charge is 2.15. The van der Waals surface area contributed by atoms with Crippen LogP contribution >= 0.6 is 11.3 Å². The van der Waals surface area contributed by atoms with E-state index in [0.717, 1.165) is 33.8 Å². The SMILES string of the molecule is CCCCc1ccc(NC(=O)c2ccc(-c3nc4ccccc4n3C)s2)cc1. The Kier molecular flexibility index (Phi) is 5.26. The van der Waals surface area contributed by atoms with Gasteiger partial charge in [-0.25, -0.2) is 4.98 Å². The molecule has 4 rings (SSSR count). The molecule has 0 fully saturated rings. The maximum atomic E-state index is 12.6. The number of imidazole rings is 1. The van der Waals surface area contributed by atoms with Crippen molar-refractivity contribution in [1.82, 2.24) is 9.55 Å². The van der Waals surface area contributed by atoms with Gasteiger partial charge in [-0.2, -0.15) is 0 Å². The summed E-state index contributed by atoms with van der Waals surface area (Å²) >= 11 is 1.46. The second-order valence-corrected chi connectivity index (χ2v) is 7.99. The number of fused-ring (bicyclic) bond motifs is 1. The number of carbonyl (C=O) groups is 1. The number of aryl methyl sites for hydroxylation is 2. The average molecular weight is 390 g/mol. The van der Waals surface area contributed by atoms with Crippen molar-refractivity contribution in [2.24, 2.45) is 7.05 Å². The summed E-state index contributed by atoms with van der Waals surface area (Å²) < 4.78 is 2.07. The Bertz CT molecular complexity index is 1110. The molecule has 28 heavy (non-hydrogen) atoms. The van der Waals surface area contributed by atoms with E-state index in [1.54, 1.807) is 0 Å². The van der Waals surface area contributed by atoms with Crippen LogP contribution in [0.25, 0.3) is 21.7 Å². The first-order valence-corrected chi connectivity index (χ1v) is 10.4. The van der Waals surface area contributed by atoms with Crippen LogP contribution in [0, 0.1) is 0 Å². The van der Waals surface area contributed by atoms with Crippen LogP contribution < -0.4 is 5.32 Å². The summed E-state index contributed by atoms with van der Waals surface area (Å²) in [7, 11) is 2.00. The number of hydrogen-bond donors (Lipinski definition) is 1. The number of nitrogens with one attached hydrogen (secondary N) is 1. The van der Waals surface area contributed by atoms with E-state index in [2.05, 4.69) is 35.0 Å². The van der Waals surface area contributed by atoms with Crippen molar-refractivity contribution in [3.05, 3.63) is 71.1 Å². The molecule has 142 valence electrons. The van der Waals surface area contributed by atoms with Crippen molar-refractivity contribution < 1.29 is 4.79 Å². The summed E-state index contributed by atoms with van der Waals surface area (Å²) in [6.45, 7) is 2.19. The minimum Gasteiger partial charge on any atom is -0.326 e. The summed E-state index contributed by atoms with van der Waals surface area (Å²) in [6.07, 6.45) is 3.45. The lowest BCUT2D eigenvalue weighted by Gasteiger charge is -2.05. The normalized spacial score (nSPS) is 11.1. The minimum absolute atomic E-state index is 0.0867. The number of unbranched alkanes of at least 4 members (excludes halogenated alkanes) is 1. The largest absolute Gasteiger partial charge is 0.326 e. The van der Waals surface area contributed by atoms with Crippen molar-refractivity contribution in [3.63, 3.8) is 0 Å².